The van der Waals surface area contributed by atoms with Crippen LogP contribution >= 0.6 is 0 Å². The van der Waals surface area contributed by atoms with Gasteiger partial charge in [0.2, 0.25) is 0 Å². The maximum atomic E-state index is 7.82. The molecule has 1 fully saturated rings. The van der Waals surface area contributed by atoms with Crippen LogP contribution < -0.4 is 18.9 Å². The summed E-state index contributed by atoms with van der Waals surface area (Å²) >= 11 is 0. The smallest absolute Gasteiger partial charge is 0.178 e. The van der Waals surface area contributed by atoms with Crippen LogP contribution in [0.4, 0.5) is 0 Å². The Labute approximate surface area is 332 Å². The Kier molecular flexibility index (Phi) is 8.25. The van der Waals surface area contributed by atoms with E-state index in [-0.39, 0.29) is 16.2 Å². The number of hydrogen-bond donors (Lipinski definition) is 0. The Balaban J connectivity index is 1.40. The van der Waals surface area contributed by atoms with Crippen LogP contribution in [0.3, 0.4) is 0 Å². The third-order valence-electron chi connectivity index (χ3n) is 12.9. The summed E-state index contributed by atoms with van der Waals surface area (Å²) in [6.45, 7) is 14.3. The molecule has 4 nitrogen and oxygen atoms in total. The molecule has 284 valence electrons. The Morgan fingerprint density at radius 3 is 1.71 bits per heavy atom. The highest BCUT2D eigenvalue weighted by molar-refractivity contribution is 6.10. The average molecular weight is 741 g/mol. The maximum Gasteiger partial charge on any atom is 0.178 e. The Hall–Kier alpha value is -5.48. The Morgan fingerprint density at radius 2 is 1.12 bits per heavy atom. The minimum Gasteiger partial charge on any atom is -0.497 e. The molecule has 0 N–H and O–H groups in total. The van der Waals surface area contributed by atoms with Gasteiger partial charge in [0.15, 0.2) is 5.60 Å². The number of fused-ring (bicyclic) bond motifs is 10. The first kappa shape index (κ1) is 36.2. The lowest BCUT2D eigenvalue weighted by Crippen LogP contribution is -2.44. The van der Waals surface area contributed by atoms with Crippen LogP contribution in [0.25, 0.3) is 39.1 Å². The van der Waals surface area contributed by atoms with E-state index >= 15 is 0 Å². The van der Waals surface area contributed by atoms with E-state index in [2.05, 4.69) is 133 Å². The van der Waals surface area contributed by atoms with Gasteiger partial charge in [-0.2, -0.15) is 0 Å². The third kappa shape index (κ3) is 5.47. The molecular formula is C52H52O4. The summed E-state index contributed by atoms with van der Waals surface area (Å²) in [5.74, 6) is 3.39. The van der Waals surface area contributed by atoms with Crippen molar-refractivity contribution in [3.63, 3.8) is 0 Å². The van der Waals surface area contributed by atoms with Crippen LogP contribution in [-0.2, 0) is 11.0 Å². The van der Waals surface area contributed by atoms with Crippen molar-refractivity contribution in [1.82, 2.24) is 0 Å². The lowest BCUT2D eigenvalue weighted by atomic mass is 9.52. The number of ether oxygens (including phenoxy) is 4. The van der Waals surface area contributed by atoms with Gasteiger partial charge < -0.3 is 18.9 Å². The molecule has 0 saturated heterocycles. The second kappa shape index (κ2) is 12.8. The fourth-order valence-corrected chi connectivity index (χ4v) is 11.3. The van der Waals surface area contributed by atoms with E-state index in [1.165, 1.54) is 61.9 Å². The SMILES string of the molecule is COc1ccc(C2(c3ccc(OC)cc3)C=Cc3c4c(c5cc(C)c(-c6ccc(OC)cc6C)cc5c3O2)-c2ccccc2C42CC(C)(C)CC(C)(C)C2)cc1. The normalized spacial score (nSPS) is 17.8. The second-order valence-electron chi connectivity index (χ2n) is 18.0. The molecule has 4 heteroatoms. The van der Waals surface area contributed by atoms with E-state index < -0.39 is 5.60 Å². The van der Waals surface area contributed by atoms with Crippen molar-refractivity contribution < 1.29 is 18.9 Å². The third-order valence-corrected chi connectivity index (χ3v) is 12.9. The van der Waals surface area contributed by atoms with Crippen molar-refractivity contribution in [2.24, 2.45) is 10.8 Å². The molecule has 1 aliphatic heterocycles. The number of rotatable bonds is 6. The van der Waals surface area contributed by atoms with Crippen LogP contribution in [0.15, 0.2) is 109 Å². The molecule has 1 saturated carbocycles. The molecule has 9 rings (SSSR count). The first-order valence-corrected chi connectivity index (χ1v) is 19.9. The summed E-state index contributed by atoms with van der Waals surface area (Å²) in [6, 6.07) is 37.1. The molecule has 0 atom stereocenters. The van der Waals surface area contributed by atoms with Crippen LogP contribution in [0.2, 0.25) is 0 Å². The Bertz CT molecular complexity index is 2490. The zero-order valence-corrected chi connectivity index (χ0v) is 34.2. The predicted molar refractivity (Wildman–Crippen MR) is 229 cm³/mol. The molecule has 0 radical (unpaired) electrons. The number of hydrogen-bond acceptors (Lipinski definition) is 4. The van der Waals surface area contributed by atoms with Gasteiger partial charge in [0.1, 0.15) is 23.0 Å². The number of methoxy groups -OCH3 is 3. The largest absolute Gasteiger partial charge is 0.497 e. The first-order chi connectivity index (χ1) is 26.8. The van der Waals surface area contributed by atoms with E-state index in [0.29, 0.717) is 0 Å². The molecule has 1 heterocycles. The van der Waals surface area contributed by atoms with Crippen LogP contribution in [0, 0.1) is 24.7 Å². The van der Waals surface area contributed by atoms with E-state index in [4.69, 9.17) is 18.9 Å². The highest BCUT2D eigenvalue weighted by atomic mass is 16.5. The van der Waals surface area contributed by atoms with Gasteiger partial charge in [-0.15, -0.1) is 0 Å². The Morgan fingerprint density at radius 1 is 0.554 bits per heavy atom. The minimum atomic E-state index is -0.919. The summed E-state index contributed by atoms with van der Waals surface area (Å²) in [7, 11) is 5.14. The molecule has 0 bridgehead atoms. The highest BCUT2D eigenvalue weighted by Gasteiger charge is 2.55. The number of benzene rings is 6. The molecule has 6 aromatic carbocycles. The molecule has 3 aliphatic rings. The predicted octanol–water partition coefficient (Wildman–Crippen LogP) is 13.0. The van der Waals surface area contributed by atoms with Gasteiger partial charge in [0.05, 0.1) is 21.3 Å². The van der Waals surface area contributed by atoms with Crippen LogP contribution in [0.1, 0.15) is 85.9 Å². The van der Waals surface area contributed by atoms with Gasteiger partial charge in [0, 0.05) is 27.5 Å². The van der Waals surface area contributed by atoms with Crippen molar-refractivity contribution in [3.8, 4) is 45.3 Å². The van der Waals surface area contributed by atoms with Crippen molar-refractivity contribution in [2.75, 3.05) is 21.3 Å². The average Bonchev–Trinajstić information content (AvgIpc) is 3.44. The van der Waals surface area contributed by atoms with Crippen molar-refractivity contribution >= 4 is 16.8 Å². The summed E-state index contributed by atoms with van der Waals surface area (Å²) in [5.41, 5.74) is 12.8. The standard InChI is InChI=1S/C52H52O4/c1-32-26-38(55-9)22-23-39(32)42-28-44-43(27-33(42)2)46-40-12-10-11-13-45(40)51(30-49(3,4)29-50(5,6)31-51)47(46)41-24-25-52(56-48(41)44,34-14-18-36(53-7)19-15-34)35-16-20-37(54-8)21-17-35/h10-28H,29-31H2,1-9H3. The topological polar surface area (TPSA) is 36.9 Å². The molecule has 6 aromatic rings. The van der Waals surface area contributed by atoms with Crippen molar-refractivity contribution in [1.29, 1.82) is 0 Å². The van der Waals surface area contributed by atoms with Crippen molar-refractivity contribution in [2.45, 2.75) is 71.8 Å². The van der Waals surface area contributed by atoms with Gasteiger partial charge >= 0.3 is 0 Å². The molecular weight excluding hydrogens is 689 g/mol. The summed E-state index contributed by atoms with van der Waals surface area (Å²) in [6.07, 6.45) is 8.02. The molecule has 0 aromatic heterocycles. The zero-order valence-electron chi connectivity index (χ0n) is 34.2. The lowest BCUT2D eigenvalue weighted by Gasteiger charge is -2.52. The van der Waals surface area contributed by atoms with Gasteiger partial charge in [-0.3, -0.25) is 0 Å². The molecule has 0 amide bonds. The summed E-state index contributed by atoms with van der Waals surface area (Å²) < 4.78 is 24.7. The van der Waals surface area contributed by atoms with Gasteiger partial charge in [0.25, 0.3) is 0 Å². The van der Waals surface area contributed by atoms with E-state index in [0.717, 1.165) is 52.4 Å². The quantitative estimate of drug-likeness (QED) is 0.170. The molecule has 2 aliphatic carbocycles. The van der Waals surface area contributed by atoms with E-state index in [1.54, 1.807) is 21.3 Å². The molecule has 0 unspecified atom stereocenters. The summed E-state index contributed by atoms with van der Waals surface area (Å²) in [5, 5.41) is 2.36. The van der Waals surface area contributed by atoms with Crippen molar-refractivity contribution in [3.05, 3.63) is 148 Å². The second-order valence-corrected chi connectivity index (χ2v) is 18.0. The first-order valence-electron chi connectivity index (χ1n) is 19.9. The van der Waals surface area contributed by atoms with E-state index in [1.807, 2.05) is 24.3 Å². The monoisotopic (exact) mass is 740 g/mol. The van der Waals surface area contributed by atoms with Crippen LogP contribution in [-0.4, -0.2) is 21.3 Å². The maximum absolute atomic E-state index is 7.82. The van der Waals surface area contributed by atoms with Crippen LogP contribution in [0.5, 0.6) is 23.0 Å². The zero-order chi connectivity index (χ0) is 39.2. The molecule has 1 spiro atoms. The van der Waals surface area contributed by atoms with Gasteiger partial charge in [-0.25, -0.2) is 0 Å². The minimum absolute atomic E-state index is 0.138. The van der Waals surface area contributed by atoms with E-state index in [9.17, 15) is 0 Å². The van der Waals surface area contributed by atoms with Gasteiger partial charge in [-0.1, -0.05) is 94.4 Å². The number of aryl methyl sites for hydroxylation is 2. The fourth-order valence-electron chi connectivity index (χ4n) is 11.3. The molecule has 56 heavy (non-hydrogen) atoms. The lowest BCUT2D eigenvalue weighted by molar-refractivity contribution is 0.0642. The highest BCUT2D eigenvalue weighted by Crippen LogP contribution is 2.67. The summed E-state index contributed by atoms with van der Waals surface area (Å²) in [4.78, 5) is 0. The fraction of sp³-hybridized carbons (Fsp3) is 0.308. The van der Waals surface area contributed by atoms with Gasteiger partial charge in [-0.05, 0) is 142 Å².